The number of imide groups is 1. The smallest absolute Gasteiger partial charge is 0.325 e. The Hall–Kier alpha value is -3.75. The van der Waals surface area contributed by atoms with Gasteiger partial charge in [0, 0.05) is 11.3 Å². The second kappa shape index (κ2) is 7.99. The summed E-state index contributed by atoms with van der Waals surface area (Å²) in [5.41, 5.74) is 1.54. The number of nitrogens with zero attached hydrogens (tertiary/aromatic N) is 2. The molecule has 2 fully saturated rings. The number of halogens is 1. The Morgan fingerprint density at radius 3 is 2.88 bits per heavy atom. The third-order valence-electron chi connectivity index (χ3n) is 6.67. The van der Waals surface area contributed by atoms with Gasteiger partial charge >= 0.3 is 6.03 Å². The highest BCUT2D eigenvalue weighted by atomic mass is 19.1. The van der Waals surface area contributed by atoms with Gasteiger partial charge in [-0.25, -0.2) is 14.2 Å². The standard InChI is InChI=1S/C24H24FN5O3/c1-14-5-2-3-10-24(14)22(32)30(23(33)29-24)13-20(31)26-17-8-9-18-19(12-17)28-21(27-18)15-6-4-7-16(25)11-15/h4,6-9,11-12,14H,2-3,5,10,13H2,1H3,(H,26,31)(H,27,28)(H,29,33)/t14-,24+/m1/s1. The number of aromatic amines is 1. The van der Waals surface area contributed by atoms with Crippen molar-refractivity contribution in [2.75, 3.05) is 11.9 Å². The van der Waals surface area contributed by atoms with Gasteiger partial charge in [0.1, 0.15) is 23.7 Å². The fourth-order valence-electron chi connectivity index (χ4n) is 4.84. The average molecular weight is 449 g/mol. The molecule has 3 N–H and O–H groups in total. The lowest BCUT2D eigenvalue weighted by atomic mass is 9.73. The molecule has 0 radical (unpaired) electrons. The molecule has 1 saturated heterocycles. The van der Waals surface area contributed by atoms with Crippen molar-refractivity contribution in [3.05, 3.63) is 48.3 Å². The van der Waals surface area contributed by atoms with Crippen LogP contribution in [0.5, 0.6) is 0 Å². The number of carbonyl (C=O) groups excluding carboxylic acids is 3. The van der Waals surface area contributed by atoms with Crippen molar-refractivity contribution in [1.82, 2.24) is 20.2 Å². The molecule has 4 amide bonds. The second-order valence-corrected chi connectivity index (χ2v) is 8.82. The monoisotopic (exact) mass is 449 g/mol. The second-order valence-electron chi connectivity index (χ2n) is 8.82. The molecule has 170 valence electrons. The van der Waals surface area contributed by atoms with Crippen molar-refractivity contribution >= 4 is 34.6 Å². The van der Waals surface area contributed by atoms with Gasteiger partial charge in [-0.1, -0.05) is 31.9 Å². The Bertz CT molecular complexity index is 1270. The number of carbonyl (C=O) groups is 3. The highest BCUT2D eigenvalue weighted by Gasteiger charge is 2.55. The highest BCUT2D eigenvalue weighted by molar-refractivity contribution is 6.10. The molecule has 1 aliphatic carbocycles. The predicted molar refractivity (Wildman–Crippen MR) is 121 cm³/mol. The number of benzene rings is 2. The molecule has 2 atom stereocenters. The maximum atomic E-state index is 13.5. The first-order valence-electron chi connectivity index (χ1n) is 11.1. The number of anilines is 1. The number of urea groups is 1. The number of rotatable bonds is 4. The van der Waals surface area contributed by atoms with Crippen molar-refractivity contribution in [1.29, 1.82) is 0 Å². The third kappa shape index (κ3) is 3.73. The Kier molecular flexibility index (Phi) is 5.11. The first kappa shape index (κ1) is 21.1. The highest BCUT2D eigenvalue weighted by Crippen LogP contribution is 2.38. The van der Waals surface area contributed by atoms with E-state index < -0.39 is 17.5 Å². The van der Waals surface area contributed by atoms with Crippen LogP contribution in [0.3, 0.4) is 0 Å². The van der Waals surface area contributed by atoms with Crippen molar-refractivity contribution in [2.24, 2.45) is 5.92 Å². The summed E-state index contributed by atoms with van der Waals surface area (Å²) in [6.45, 7) is 1.62. The van der Waals surface area contributed by atoms with E-state index in [1.165, 1.54) is 12.1 Å². The fourth-order valence-corrected chi connectivity index (χ4v) is 4.84. The van der Waals surface area contributed by atoms with Crippen LogP contribution in [-0.2, 0) is 9.59 Å². The fraction of sp³-hybridized carbons (Fsp3) is 0.333. The minimum Gasteiger partial charge on any atom is -0.338 e. The number of hydrogen-bond acceptors (Lipinski definition) is 4. The summed E-state index contributed by atoms with van der Waals surface area (Å²) in [6.07, 6.45) is 3.37. The summed E-state index contributed by atoms with van der Waals surface area (Å²) < 4.78 is 13.5. The van der Waals surface area contributed by atoms with E-state index in [0.29, 0.717) is 34.5 Å². The van der Waals surface area contributed by atoms with Gasteiger partial charge in [-0.05, 0) is 49.1 Å². The Morgan fingerprint density at radius 1 is 1.24 bits per heavy atom. The first-order valence-corrected chi connectivity index (χ1v) is 11.1. The Balaban J connectivity index is 1.30. The number of amides is 4. The molecular weight excluding hydrogens is 425 g/mol. The number of fused-ring (bicyclic) bond motifs is 1. The van der Waals surface area contributed by atoms with Crippen LogP contribution in [0.25, 0.3) is 22.4 Å². The number of nitrogens with one attached hydrogen (secondary N) is 3. The van der Waals surface area contributed by atoms with Crippen LogP contribution in [-0.4, -0.2) is 44.8 Å². The van der Waals surface area contributed by atoms with Crippen LogP contribution in [0.4, 0.5) is 14.9 Å². The summed E-state index contributed by atoms with van der Waals surface area (Å²) in [5, 5.41) is 5.59. The Morgan fingerprint density at radius 2 is 2.09 bits per heavy atom. The molecular formula is C24H24FN5O3. The zero-order valence-electron chi connectivity index (χ0n) is 18.2. The van der Waals surface area contributed by atoms with E-state index in [-0.39, 0.29) is 24.2 Å². The molecule has 1 saturated carbocycles. The van der Waals surface area contributed by atoms with Gasteiger partial charge in [-0.2, -0.15) is 0 Å². The summed E-state index contributed by atoms with van der Waals surface area (Å²) >= 11 is 0. The molecule has 2 heterocycles. The maximum absolute atomic E-state index is 13.5. The average Bonchev–Trinajstić information content (AvgIpc) is 3.31. The Labute approximate surface area is 189 Å². The van der Waals surface area contributed by atoms with Crippen LogP contribution in [0.1, 0.15) is 32.6 Å². The molecule has 2 aliphatic rings. The summed E-state index contributed by atoms with van der Waals surface area (Å²) in [4.78, 5) is 46.8. The summed E-state index contributed by atoms with van der Waals surface area (Å²) in [5.74, 6) is -0.599. The van der Waals surface area contributed by atoms with E-state index >= 15 is 0 Å². The number of aromatic nitrogens is 2. The molecule has 1 spiro atoms. The van der Waals surface area contributed by atoms with E-state index in [1.807, 2.05) is 6.92 Å². The van der Waals surface area contributed by atoms with Gasteiger partial charge < -0.3 is 15.6 Å². The van der Waals surface area contributed by atoms with Crippen molar-refractivity contribution < 1.29 is 18.8 Å². The maximum Gasteiger partial charge on any atom is 0.325 e. The molecule has 3 aromatic rings. The normalized spacial score (nSPS) is 22.7. The zero-order valence-corrected chi connectivity index (χ0v) is 18.2. The molecule has 33 heavy (non-hydrogen) atoms. The van der Waals surface area contributed by atoms with Crippen LogP contribution < -0.4 is 10.6 Å². The molecule has 2 aromatic carbocycles. The first-order chi connectivity index (χ1) is 15.9. The van der Waals surface area contributed by atoms with Crippen LogP contribution in [0, 0.1) is 11.7 Å². The number of hydrogen-bond donors (Lipinski definition) is 3. The number of imidazole rings is 1. The quantitative estimate of drug-likeness (QED) is 0.527. The minimum absolute atomic E-state index is 0.0332. The lowest BCUT2D eigenvalue weighted by Crippen LogP contribution is -2.54. The van der Waals surface area contributed by atoms with E-state index in [2.05, 4.69) is 20.6 Å². The molecule has 9 heteroatoms. The van der Waals surface area contributed by atoms with Gasteiger partial charge in [0.2, 0.25) is 5.91 Å². The van der Waals surface area contributed by atoms with E-state index in [1.54, 1.807) is 30.3 Å². The van der Waals surface area contributed by atoms with Gasteiger partial charge in [0.05, 0.1) is 11.0 Å². The van der Waals surface area contributed by atoms with E-state index in [9.17, 15) is 18.8 Å². The zero-order chi connectivity index (χ0) is 23.2. The minimum atomic E-state index is -0.891. The van der Waals surface area contributed by atoms with Crippen LogP contribution >= 0.6 is 0 Å². The van der Waals surface area contributed by atoms with Gasteiger partial charge in [-0.15, -0.1) is 0 Å². The molecule has 1 aromatic heterocycles. The predicted octanol–water partition coefficient (Wildman–Crippen LogP) is 3.81. The van der Waals surface area contributed by atoms with E-state index in [4.69, 9.17) is 0 Å². The molecule has 1 aliphatic heterocycles. The summed E-state index contributed by atoms with van der Waals surface area (Å²) in [7, 11) is 0. The third-order valence-corrected chi connectivity index (χ3v) is 6.67. The number of H-pyrrole nitrogens is 1. The largest absolute Gasteiger partial charge is 0.338 e. The molecule has 8 nitrogen and oxygen atoms in total. The van der Waals surface area contributed by atoms with E-state index in [0.717, 1.165) is 24.2 Å². The molecule has 0 unspecified atom stereocenters. The van der Waals surface area contributed by atoms with Gasteiger partial charge in [-0.3, -0.25) is 14.5 Å². The van der Waals surface area contributed by atoms with Crippen molar-refractivity contribution in [3.8, 4) is 11.4 Å². The van der Waals surface area contributed by atoms with Crippen molar-refractivity contribution in [2.45, 2.75) is 38.1 Å². The van der Waals surface area contributed by atoms with Crippen LogP contribution in [0.15, 0.2) is 42.5 Å². The van der Waals surface area contributed by atoms with Gasteiger partial charge in [0.25, 0.3) is 5.91 Å². The van der Waals surface area contributed by atoms with Crippen molar-refractivity contribution in [3.63, 3.8) is 0 Å². The lowest BCUT2D eigenvalue weighted by molar-refractivity contribution is -0.136. The van der Waals surface area contributed by atoms with Crippen LogP contribution in [0.2, 0.25) is 0 Å². The molecule has 5 rings (SSSR count). The lowest BCUT2D eigenvalue weighted by Gasteiger charge is -2.36. The summed E-state index contributed by atoms with van der Waals surface area (Å²) in [6, 6.07) is 10.7. The van der Waals surface area contributed by atoms with Gasteiger partial charge in [0.15, 0.2) is 0 Å². The molecule has 0 bridgehead atoms. The SMILES string of the molecule is C[C@@H]1CCCC[C@]12NC(=O)N(CC(=O)Nc1ccc3nc(-c4cccc(F)c4)[nH]c3c1)C2=O. The topological polar surface area (TPSA) is 107 Å².